The number of halogens is 1. The number of thioether (sulfide) groups is 1. The molecule has 228 valence electrons. The second-order valence-corrected chi connectivity index (χ2v) is 14.8. The maximum Gasteiger partial charge on any atom is 0.305 e. The lowest BCUT2D eigenvalue weighted by Crippen LogP contribution is -2.42. The van der Waals surface area contributed by atoms with Gasteiger partial charge in [-0.1, -0.05) is 52.8 Å². The van der Waals surface area contributed by atoms with Gasteiger partial charge in [-0.15, -0.1) is 11.8 Å². The maximum absolute atomic E-state index is 14.0. The third-order valence-corrected chi connectivity index (χ3v) is 12.6. The van der Waals surface area contributed by atoms with Gasteiger partial charge in [-0.05, 0) is 67.0 Å². The number of nitro benzene ring substituents is 1. The number of H-pyrrole nitrogens is 1. The number of nitrogens with one attached hydrogen (secondary N) is 1. The molecule has 2 saturated carbocycles. The van der Waals surface area contributed by atoms with E-state index in [0.717, 1.165) is 33.0 Å². The lowest BCUT2D eigenvalue weighted by Gasteiger charge is -2.43. The van der Waals surface area contributed by atoms with Crippen LogP contribution < -0.4 is 14.5 Å². The summed E-state index contributed by atoms with van der Waals surface area (Å²) < 4.78 is 6.44. The SMILES string of the molecule is Cc1cccc(COc2ccc(Cl)cc2[C@H]2c3sc(=O)[nH]c3SC3C4CC(C5C(=O)N(c6ccc([N+](=O)[O-])cc6)C(=O)C45)C32)c1. The van der Waals surface area contributed by atoms with Crippen LogP contribution in [0.5, 0.6) is 5.75 Å². The normalized spacial score (nSPS) is 27.8. The van der Waals surface area contributed by atoms with Gasteiger partial charge in [0.05, 0.1) is 27.5 Å². The Hall–Kier alpha value is -3.93. The summed E-state index contributed by atoms with van der Waals surface area (Å²) in [5, 5.41) is 12.5. The Morgan fingerprint density at radius 3 is 2.51 bits per heavy atom. The first-order valence-electron chi connectivity index (χ1n) is 14.7. The number of hydrogen-bond acceptors (Lipinski definition) is 8. The van der Waals surface area contributed by atoms with E-state index in [1.807, 2.05) is 37.3 Å². The quantitative estimate of drug-likeness (QED) is 0.141. The molecule has 1 N–H and O–H groups in total. The monoisotopic (exact) mass is 659 g/mol. The molecular formula is C33H26ClN3O6S2. The lowest BCUT2D eigenvalue weighted by atomic mass is 9.68. The Labute approximate surface area is 270 Å². The summed E-state index contributed by atoms with van der Waals surface area (Å²) in [5.41, 5.74) is 3.28. The van der Waals surface area contributed by atoms with Gasteiger partial charge in [-0.25, -0.2) is 0 Å². The number of ether oxygens (including phenoxy) is 1. The summed E-state index contributed by atoms with van der Waals surface area (Å²) in [4.78, 5) is 56.4. The number of fused-ring (bicyclic) bond motifs is 9. The van der Waals surface area contributed by atoms with Crippen LogP contribution in [0, 0.1) is 46.6 Å². The molecule has 4 aromatic rings. The molecule has 3 aromatic carbocycles. The van der Waals surface area contributed by atoms with Crippen LogP contribution in [0.1, 0.15) is 33.9 Å². The number of carbonyl (C=O) groups excluding carboxylic acids is 2. The number of hydrogen-bond donors (Lipinski definition) is 1. The van der Waals surface area contributed by atoms with E-state index in [4.69, 9.17) is 16.3 Å². The van der Waals surface area contributed by atoms with Gasteiger partial charge in [0.15, 0.2) is 0 Å². The molecule has 3 fully saturated rings. The molecular weight excluding hydrogens is 634 g/mol. The van der Waals surface area contributed by atoms with Crippen molar-refractivity contribution < 1.29 is 19.2 Å². The maximum atomic E-state index is 14.0. The van der Waals surface area contributed by atoms with Crippen LogP contribution in [0.4, 0.5) is 11.4 Å². The number of amides is 2. The molecule has 2 aliphatic heterocycles. The number of aryl methyl sites for hydroxylation is 1. The molecule has 3 heterocycles. The second kappa shape index (κ2) is 10.6. The van der Waals surface area contributed by atoms with E-state index < -0.39 is 16.8 Å². The number of aromatic amines is 1. The summed E-state index contributed by atoms with van der Waals surface area (Å²) in [6, 6.07) is 19.3. The molecule has 6 unspecified atom stereocenters. The number of thiazole rings is 1. The summed E-state index contributed by atoms with van der Waals surface area (Å²) in [6.45, 7) is 2.39. The van der Waals surface area contributed by atoms with Crippen molar-refractivity contribution in [2.24, 2.45) is 29.6 Å². The van der Waals surface area contributed by atoms with Gasteiger partial charge in [0.25, 0.3) is 5.69 Å². The Morgan fingerprint density at radius 2 is 1.78 bits per heavy atom. The van der Waals surface area contributed by atoms with E-state index in [9.17, 15) is 24.5 Å². The van der Waals surface area contributed by atoms with Crippen molar-refractivity contribution in [1.82, 2.24) is 4.98 Å². The summed E-state index contributed by atoms with van der Waals surface area (Å²) in [7, 11) is 0. The summed E-state index contributed by atoms with van der Waals surface area (Å²) in [5.74, 6) is -1.28. The van der Waals surface area contributed by atoms with Gasteiger partial charge in [0, 0.05) is 38.8 Å². The van der Waals surface area contributed by atoms with Crippen LogP contribution in [0.2, 0.25) is 5.02 Å². The van der Waals surface area contributed by atoms with Gasteiger partial charge in [-0.2, -0.15) is 0 Å². The highest BCUT2D eigenvalue weighted by atomic mass is 35.5. The smallest absolute Gasteiger partial charge is 0.305 e. The zero-order valence-corrected chi connectivity index (χ0v) is 26.2. The minimum absolute atomic E-state index is 0.00355. The number of imide groups is 1. The van der Waals surface area contributed by atoms with Gasteiger partial charge >= 0.3 is 4.87 Å². The van der Waals surface area contributed by atoms with Gasteiger partial charge in [0.1, 0.15) is 12.4 Å². The molecule has 0 spiro atoms. The topological polar surface area (TPSA) is 123 Å². The fourth-order valence-electron chi connectivity index (χ4n) is 8.20. The molecule has 1 aromatic heterocycles. The molecule has 2 bridgehead atoms. The largest absolute Gasteiger partial charge is 0.489 e. The van der Waals surface area contributed by atoms with Crippen molar-refractivity contribution in [2.45, 2.75) is 36.1 Å². The Bertz CT molecular complexity index is 1960. The summed E-state index contributed by atoms with van der Waals surface area (Å²) >= 11 is 9.39. The molecule has 4 aliphatic rings. The van der Waals surface area contributed by atoms with Gasteiger partial charge in [-0.3, -0.25) is 29.4 Å². The van der Waals surface area contributed by atoms with Crippen molar-refractivity contribution in [3.8, 4) is 5.75 Å². The van der Waals surface area contributed by atoms with E-state index in [0.29, 0.717) is 23.1 Å². The average Bonchev–Trinajstić information content (AvgIpc) is 3.75. The van der Waals surface area contributed by atoms with Crippen LogP contribution in [0.15, 0.2) is 76.6 Å². The van der Waals surface area contributed by atoms with Crippen LogP contribution in [-0.2, 0) is 16.2 Å². The third kappa shape index (κ3) is 4.46. The van der Waals surface area contributed by atoms with Crippen molar-refractivity contribution >= 4 is 57.9 Å². The van der Waals surface area contributed by atoms with E-state index >= 15 is 0 Å². The standard InChI is InChI=1S/C33H26ClN3O6S2/c1-15-3-2-4-16(11-15)14-43-23-10-5-17(34)12-20(23)24-25-21-13-22(28(25)44-30-29(24)45-33(40)35-30)27-26(21)31(38)36(32(27)39)18-6-8-19(9-7-18)37(41)42/h2-12,21-22,24-28H,13-14H2,1H3,(H,35,40)/t21?,22?,24-,25?,26?,27?,28?/m1/s1. The predicted octanol–water partition coefficient (Wildman–Crippen LogP) is 6.56. The van der Waals surface area contributed by atoms with E-state index in [1.165, 1.54) is 40.5 Å². The van der Waals surface area contributed by atoms with Gasteiger partial charge < -0.3 is 9.72 Å². The van der Waals surface area contributed by atoms with Crippen molar-refractivity contribution in [3.05, 3.63) is 113 Å². The van der Waals surface area contributed by atoms with Crippen molar-refractivity contribution in [1.29, 1.82) is 0 Å². The molecule has 8 rings (SSSR count). The molecule has 1 saturated heterocycles. The van der Waals surface area contributed by atoms with Crippen LogP contribution in [0.25, 0.3) is 0 Å². The third-order valence-electron chi connectivity index (χ3n) is 9.83. The van der Waals surface area contributed by atoms with E-state index in [-0.39, 0.29) is 51.3 Å². The van der Waals surface area contributed by atoms with E-state index in [1.54, 1.807) is 17.8 Å². The first-order valence-corrected chi connectivity index (χ1v) is 16.8. The number of carbonyl (C=O) groups is 2. The van der Waals surface area contributed by atoms with Crippen LogP contribution in [0.3, 0.4) is 0 Å². The number of anilines is 1. The fourth-order valence-corrected chi connectivity index (χ4v) is 11.3. The molecule has 7 atom stereocenters. The number of rotatable bonds is 6. The number of nitrogens with zero attached hydrogens (tertiary/aromatic N) is 2. The number of benzene rings is 3. The van der Waals surface area contributed by atoms with Gasteiger partial charge in [0.2, 0.25) is 11.8 Å². The van der Waals surface area contributed by atoms with Crippen LogP contribution in [-0.4, -0.2) is 27.0 Å². The molecule has 0 radical (unpaired) electrons. The molecule has 45 heavy (non-hydrogen) atoms. The average molecular weight is 660 g/mol. The van der Waals surface area contributed by atoms with Crippen LogP contribution >= 0.6 is 34.7 Å². The van der Waals surface area contributed by atoms with Crippen molar-refractivity contribution in [3.63, 3.8) is 0 Å². The molecule has 9 nitrogen and oxygen atoms in total. The van der Waals surface area contributed by atoms with E-state index in [2.05, 4.69) is 11.1 Å². The predicted molar refractivity (Wildman–Crippen MR) is 171 cm³/mol. The lowest BCUT2D eigenvalue weighted by molar-refractivity contribution is -0.384. The highest BCUT2D eigenvalue weighted by molar-refractivity contribution is 8.00. The Balaban J connectivity index is 1.18. The zero-order chi connectivity index (χ0) is 31.1. The first kappa shape index (κ1) is 28.5. The minimum atomic E-state index is -0.508. The zero-order valence-electron chi connectivity index (χ0n) is 23.8. The highest BCUT2D eigenvalue weighted by Gasteiger charge is 2.69. The Kier molecular flexibility index (Phi) is 6.70. The molecule has 2 aliphatic carbocycles. The minimum Gasteiger partial charge on any atom is -0.489 e. The second-order valence-electron chi connectivity index (χ2n) is 12.2. The number of aromatic nitrogens is 1. The summed E-state index contributed by atoms with van der Waals surface area (Å²) in [6.07, 6.45) is 0.735. The Morgan fingerprint density at radius 1 is 1.02 bits per heavy atom. The highest BCUT2D eigenvalue weighted by Crippen LogP contribution is 2.69. The number of nitro groups is 1. The first-order chi connectivity index (χ1) is 21.7. The number of non-ortho nitro benzene ring substituents is 1. The fraction of sp³-hybridized carbons (Fsp3) is 0.303. The molecule has 2 amide bonds. The molecule has 12 heteroatoms. The van der Waals surface area contributed by atoms with Crippen molar-refractivity contribution in [2.75, 3.05) is 4.90 Å².